The highest BCUT2D eigenvalue weighted by molar-refractivity contribution is 5.97. The number of hydrogen-bond donors (Lipinski definition) is 0. The van der Waals surface area contributed by atoms with Gasteiger partial charge in [0.2, 0.25) is 0 Å². The molecule has 0 atom stereocenters. The number of benzene rings is 2. The van der Waals surface area contributed by atoms with Crippen LogP contribution in [-0.2, 0) is 19.5 Å². The van der Waals surface area contributed by atoms with Gasteiger partial charge in [-0.25, -0.2) is 9.67 Å². The fraction of sp³-hybridized carbons (Fsp3) is 0.240. The fourth-order valence-electron chi connectivity index (χ4n) is 3.95. The molecular weight excluding hydrogens is 434 g/mol. The molecule has 0 aliphatic carbocycles. The average Bonchev–Trinajstić information content (AvgIpc) is 3.42. The number of nitro groups is 1. The first-order valence-corrected chi connectivity index (χ1v) is 10.8. The highest BCUT2D eigenvalue weighted by Gasteiger charge is 2.17. The van der Waals surface area contributed by atoms with E-state index < -0.39 is 4.92 Å². The van der Waals surface area contributed by atoms with Gasteiger partial charge >= 0.3 is 0 Å². The third kappa shape index (κ3) is 4.88. The summed E-state index contributed by atoms with van der Waals surface area (Å²) >= 11 is 0. The van der Waals surface area contributed by atoms with Gasteiger partial charge in [0.25, 0.3) is 5.69 Å². The summed E-state index contributed by atoms with van der Waals surface area (Å²) in [6.45, 7) is 4.74. The summed E-state index contributed by atoms with van der Waals surface area (Å²) in [4.78, 5) is 27.8. The molecule has 4 aromatic rings. The smallest absolute Gasteiger partial charge is 0.270 e. The van der Waals surface area contributed by atoms with Crippen LogP contribution in [0, 0.1) is 24.0 Å². The number of rotatable bonds is 9. The lowest BCUT2D eigenvalue weighted by Gasteiger charge is -2.10. The van der Waals surface area contributed by atoms with Gasteiger partial charge < -0.3 is 9.30 Å². The van der Waals surface area contributed by atoms with Crippen molar-refractivity contribution in [2.24, 2.45) is 0 Å². The SMILES string of the molecule is COc1ccc(CCn2c(C)cc(C(=O)Cn3cnc(-c4cccc([N+](=O)[O-])c4)n3)c2C)cc1. The Balaban J connectivity index is 1.45. The maximum Gasteiger partial charge on any atom is 0.270 e. The lowest BCUT2D eigenvalue weighted by atomic mass is 10.1. The van der Waals surface area contributed by atoms with Gasteiger partial charge in [-0.15, -0.1) is 0 Å². The van der Waals surface area contributed by atoms with E-state index in [1.807, 2.05) is 44.2 Å². The Morgan fingerprint density at radius 3 is 2.59 bits per heavy atom. The minimum Gasteiger partial charge on any atom is -0.497 e. The topological polar surface area (TPSA) is 105 Å². The van der Waals surface area contributed by atoms with Crippen molar-refractivity contribution in [1.29, 1.82) is 0 Å². The van der Waals surface area contributed by atoms with Gasteiger partial charge in [-0.1, -0.05) is 24.3 Å². The second-order valence-corrected chi connectivity index (χ2v) is 8.03. The number of hydrogen-bond acceptors (Lipinski definition) is 6. The summed E-state index contributed by atoms with van der Waals surface area (Å²) in [7, 11) is 1.65. The number of nitro benzene ring substituents is 1. The van der Waals surface area contributed by atoms with E-state index in [0.717, 1.165) is 30.1 Å². The summed E-state index contributed by atoms with van der Waals surface area (Å²) in [5.74, 6) is 1.09. The van der Waals surface area contributed by atoms with E-state index in [9.17, 15) is 14.9 Å². The van der Waals surface area contributed by atoms with E-state index in [1.165, 1.54) is 28.7 Å². The molecule has 2 heterocycles. The normalized spacial score (nSPS) is 10.9. The molecule has 0 fully saturated rings. The van der Waals surface area contributed by atoms with Crippen LogP contribution < -0.4 is 4.74 Å². The Hall–Kier alpha value is -4.27. The molecule has 174 valence electrons. The van der Waals surface area contributed by atoms with Crippen molar-refractivity contribution in [3.63, 3.8) is 0 Å². The fourth-order valence-corrected chi connectivity index (χ4v) is 3.95. The molecule has 0 saturated carbocycles. The molecule has 0 spiro atoms. The van der Waals surface area contributed by atoms with E-state index in [4.69, 9.17) is 4.74 Å². The summed E-state index contributed by atoms with van der Waals surface area (Å²) in [5, 5.41) is 15.4. The van der Waals surface area contributed by atoms with Gasteiger partial charge in [-0.3, -0.25) is 14.9 Å². The van der Waals surface area contributed by atoms with Crippen LogP contribution in [0.25, 0.3) is 11.4 Å². The Morgan fingerprint density at radius 1 is 1.12 bits per heavy atom. The summed E-state index contributed by atoms with van der Waals surface area (Å²) in [6.07, 6.45) is 2.30. The van der Waals surface area contributed by atoms with E-state index >= 15 is 0 Å². The second-order valence-electron chi connectivity index (χ2n) is 8.03. The van der Waals surface area contributed by atoms with E-state index in [2.05, 4.69) is 14.6 Å². The van der Waals surface area contributed by atoms with Crippen LogP contribution in [0.5, 0.6) is 5.75 Å². The number of carbonyl (C=O) groups is 1. The van der Waals surface area contributed by atoms with Gasteiger partial charge in [0.05, 0.1) is 12.0 Å². The van der Waals surface area contributed by atoms with Crippen molar-refractivity contribution in [3.05, 3.63) is 93.6 Å². The molecule has 9 heteroatoms. The number of Topliss-reactive ketones (excluding diaryl/α,β-unsaturated/α-hetero) is 1. The van der Waals surface area contributed by atoms with Crippen LogP contribution in [0.4, 0.5) is 5.69 Å². The molecule has 0 amide bonds. The van der Waals surface area contributed by atoms with Crippen LogP contribution in [0.1, 0.15) is 27.3 Å². The number of methoxy groups -OCH3 is 1. The second kappa shape index (κ2) is 9.70. The monoisotopic (exact) mass is 459 g/mol. The largest absolute Gasteiger partial charge is 0.497 e. The first kappa shape index (κ1) is 22.9. The molecule has 0 unspecified atom stereocenters. The Kier molecular flexibility index (Phi) is 6.53. The molecule has 0 bridgehead atoms. The summed E-state index contributed by atoms with van der Waals surface area (Å²) in [6, 6.07) is 16.0. The van der Waals surface area contributed by atoms with Gasteiger partial charge in [0.1, 0.15) is 18.6 Å². The van der Waals surface area contributed by atoms with Gasteiger partial charge in [0, 0.05) is 41.2 Å². The van der Waals surface area contributed by atoms with Crippen LogP contribution in [0.2, 0.25) is 0 Å². The molecule has 2 aromatic carbocycles. The van der Waals surface area contributed by atoms with Crippen molar-refractivity contribution in [2.45, 2.75) is 33.4 Å². The average molecular weight is 460 g/mol. The molecule has 0 aliphatic rings. The molecule has 0 radical (unpaired) electrons. The molecule has 0 saturated heterocycles. The van der Waals surface area contributed by atoms with Gasteiger partial charge in [-0.05, 0) is 44.0 Å². The predicted molar refractivity (Wildman–Crippen MR) is 127 cm³/mol. The van der Waals surface area contributed by atoms with E-state index in [1.54, 1.807) is 19.2 Å². The lowest BCUT2D eigenvalue weighted by Crippen LogP contribution is -2.13. The number of nitrogens with zero attached hydrogens (tertiary/aromatic N) is 5. The van der Waals surface area contributed by atoms with Gasteiger partial charge in [-0.2, -0.15) is 5.10 Å². The number of ether oxygens (including phenoxy) is 1. The molecule has 4 rings (SSSR count). The van der Waals surface area contributed by atoms with Crippen molar-refractivity contribution in [3.8, 4) is 17.1 Å². The maximum atomic E-state index is 13.0. The predicted octanol–water partition coefficient (Wildman–Crippen LogP) is 4.41. The third-order valence-corrected chi connectivity index (χ3v) is 5.81. The van der Waals surface area contributed by atoms with Crippen LogP contribution in [-0.4, -0.2) is 37.1 Å². The van der Waals surface area contributed by atoms with Crippen LogP contribution >= 0.6 is 0 Å². The zero-order chi connectivity index (χ0) is 24.2. The van der Waals surface area contributed by atoms with E-state index in [0.29, 0.717) is 17.0 Å². The Labute approximate surface area is 196 Å². The zero-order valence-corrected chi connectivity index (χ0v) is 19.3. The molecular formula is C25H25N5O4. The van der Waals surface area contributed by atoms with Crippen molar-refractivity contribution < 1.29 is 14.5 Å². The highest BCUT2D eigenvalue weighted by Crippen LogP contribution is 2.21. The standard InChI is InChI=1S/C25H25N5O4/c1-17-13-23(18(2)29(17)12-11-19-7-9-22(34-3)10-8-19)24(31)15-28-16-26-25(27-28)20-5-4-6-21(14-20)30(32)33/h4-10,13-14,16H,11-12,15H2,1-3H3. The highest BCUT2D eigenvalue weighted by atomic mass is 16.6. The lowest BCUT2D eigenvalue weighted by molar-refractivity contribution is -0.384. The number of carbonyl (C=O) groups excluding carboxylic acids is 1. The molecule has 0 N–H and O–H groups in total. The minimum atomic E-state index is -0.464. The summed E-state index contributed by atoms with van der Waals surface area (Å²) in [5.41, 5.74) is 4.27. The number of ketones is 1. The zero-order valence-electron chi connectivity index (χ0n) is 19.3. The number of aryl methyl sites for hydroxylation is 2. The van der Waals surface area contributed by atoms with Gasteiger partial charge in [0.15, 0.2) is 11.6 Å². The number of non-ortho nitro benzene ring substituents is 1. The molecule has 2 aromatic heterocycles. The maximum absolute atomic E-state index is 13.0. The first-order valence-electron chi connectivity index (χ1n) is 10.8. The first-order chi connectivity index (χ1) is 16.4. The Bertz CT molecular complexity index is 1340. The van der Waals surface area contributed by atoms with Crippen LogP contribution in [0.15, 0.2) is 60.9 Å². The number of aromatic nitrogens is 4. The van der Waals surface area contributed by atoms with Crippen molar-refractivity contribution >= 4 is 11.5 Å². The van der Waals surface area contributed by atoms with Crippen LogP contribution in [0.3, 0.4) is 0 Å². The molecule has 34 heavy (non-hydrogen) atoms. The molecule has 9 nitrogen and oxygen atoms in total. The van der Waals surface area contributed by atoms with Crippen molar-refractivity contribution in [2.75, 3.05) is 7.11 Å². The quantitative estimate of drug-likeness (QED) is 0.209. The van der Waals surface area contributed by atoms with Crippen molar-refractivity contribution in [1.82, 2.24) is 19.3 Å². The Morgan fingerprint density at radius 2 is 1.88 bits per heavy atom. The molecule has 0 aliphatic heterocycles. The summed E-state index contributed by atoms with van der Waals surface area (Å²) < 4.78 is 8.81. The third-order valence-electron chi connectivity index (χ3n) is 5.81. The minimum absolute atomic E-state index is 0.0324. The van der Waals surface area contributed by atoms with E-state index in [-0.39, 0.29) is 18.0 Å².